The lowest BCUT2D eigenvalue weighted by Crippen LogP contribution is -1.92. The number of nitrogens with zero attached hydrogens (tertiary/aromatic N) is 2. The molecule has 0 amide bonds. The standard InChI is InChI=1S/C18H18FN3O/c1-12-10-15(23-14(3)7-5-4-6-13(2)19)11-16-18(12)22-17(21-16)8-9-20-22/h4-11,21H,1-3H3/b5-4-,13-6+,14-7+. The summed E-state index contributed by atoms with van der Waals surface area (Å²) in [6.45, 7) is 5.29. The van der Waals surface area contributed by atoms with Gasteiger partial charge < -0.3 is 9.72 Å². The van der Waals surface area contributed by atoms with Gasteiger partial charge in [0.2, 0.25) is 0 Å². The summed E-state index contributed by atoms with van der Waals surface area (Å²) >= 11 is 0. The molecule has 0 bridgehead atoms. The zero-order valence-corrected chi connectivity index (χ0v) is 13.3. The van der Waals surface area contributed by atoms with Gasteiger partial charge in [0.25, 0.3) is 0 Å². The number of nitrogens with one attached hydrogen (secondary N) is 1. The van der Waals surface area contributed by atoms with Gasteiger partial charge in [0.1, 0.15) is 17.2 Å². The minimum absolute atomic E-state index is 0.231. The van der Waals surface area contributed by atoms with E-state index in [1.54, 1.807) is 24.4 Å². The molecule has 1 aromatic carbocycles. The zero-order valence-electron chi connectivity index (χ0n) is 13.3. The third kappa shape index (κ3) is 3.18. The van der Waals surface area contributed by atoms with Gasteiger partial charge in [-0.1, -0.05) is 12.2 Å². The molecule has 2 aromatic heterocycles. The summed E-state index contributed by atoms with van der Waals surface area (Å²) in [7, 11) is 0. The highest BCUT2D eigenvalue weighted by atomic mass is 19.1. The molecule has 118 valence electrons. The smallest absolute Gasteiger partial charge is 0.134 e. The third-order valence-electron chi connectivity index (χ3n) is 3.44. The highest BCUT2D eigenvalue weighted by molar-refractivity contribution is 5.84. The Morgan fingerprint density at radius 3 is 2.83 bits per heavy atom. The minimum Gasteiger partial charge on any atom is -0.462 e. The SMILES string of the molecule is C\C(F)=C/C=C\C=C(/C)Oc1cc(C)c2c(c1)[nH]c1ccnn12. The van der Waals surface area contributed by atoms with Gasteiger partial charge in [-0.3, -0.25) is 0 Å². The Balaban J connectivity index is 1.87. The number of allylic oxidation sites excluding steroid dienone is 6. The summed E-state index contributed by atoms with van der Waals surface area (Å²) in [6.07, 6.45) is 8.33. The van der Waals surface area contributed by atoms with E-state index in [0.717, 1.165) is 33.8 Å². The summed E-state index contributed by atoms with van der Waals surface area (Å²) in [4.78, 5) is 3.31. The molecule has 0 radical (unpaired) electrons. The fourth-order valence-electron chi connectivity index (χ4n) is 2.50. The van der Waals surface area contributed by atoms with Crippen molar-refractivity contribution in [2.45, 2.75) is 20.8 Å². The number of aromatic amines is 1. The topological polar surface area (TPSA) is 42.3 Å². The number of aryl methyl sites for hydroxylation is 1. The van der Waals surface area contributed by atoms with Crippen molar-refractivity contribution in [3.05, 3.63) is 65.8 Å². The minimum atomic E-state index is -0.231. The predicted octanol–water partition coefficient (Wildman–Crippen LogP) is 4.84. The van der Waals surface area contributed by atoms with Crippen LogP contribution in [0.25, 0.3) is 16.7 Å². The molecule has 1 N–H and O–H groups in total. The highest BCUT2D eigenvalue weighted by Gasteiger charge is 2.09. The average molecular weight is 311 g/mol. The van der Waals surface area contributed by atoms with Gasteiger partial charge in [-0.25, -0.2) is 8.91 Å². The molecule has 4 nitrogen and oxygen atoms in total. The van der Waals surface area contributed by atoms with E-state index in [4.69, 9.17) is 4.74 Å². The van der Waals surface area contributed by atoms with Crippen LogP contribution in [0.4, 0.5) is 4.39 Å². The number of aromatic nitrogens is 3. The van der Waals surface area contributed by atoms with Gasteiger partial charge in [-0.2, -0.15) is 5.10 Å². The Labute approximate surface area is 133 Å². The van der Waals surface area contributed by atoms with E-state index in [1.165, 1.54) is 13.0 Å². The summed E-state index contributed by atoms with van der Waals surface area (Å²) in [5.74, 6) is 1.24. The largest absolute Gasteiger partial charge is 0.462 e. The monoisotopic (exact) mass is 311 g/mol. The third-order valence-corrected chi connectivity index (χ3v) is 3.44. The Morgan fingerprint density at radius 2 is 2.04 bits per heavy atom. The van der Waals surface area contributed by atoms with Crippen molar-refractivity contribution in [2.75, 3.05) is 0 Å². The lowest BCUT2D eigenvalue weighted by molar-refractivity contribution is 0.428. The van der Waals surface area contributed by atoms with Gasteiger partial charge in [-0.05, 0) is 44.6 Å². The van der Waals surface area contributed by atoms with Gasteiger partial charge in [0, 0.05) is 12.1 Å². The van der Waals surface area contributed by atoms with Crippen LogP contribution in [0.15, 0.2) is 60.3 Å². The maximum Gasteiger partial charge on any atom is 0.134 e. The maximum absolute atomic E-state index is 12.6. The van der Waals surface area contributed by atoms with Gasteiger partial charge in [0.05, 0.1) is 23.1 Å². The van der Waals surface area contributed by atoms with E-state index in [9.17, 15) is 4.39 Å². The van der Waals surface area contributed by atoms with Crippen molar-refractivity contribution in [3.63, 3.8) is 0 Å². The van der Waals surface area contributed by atoms with E-state index in [1.807, 2.05) is 36.6 Å². The molecular formula is C18H18FN3O. The molecular weight excluding hydrogens is 293 g/mol. The van der Waals surface area contributed by atoms with Crippen molar-refractivity contribution in [1.29, 1.82) is 0 Å². The molecule has 0 spiro atoms. The first kappa shape index (κ1) is 15.1. The van der Waals surface area contributed by atoms with Crippen molar-refractivity contribution in [3.8, 4) is 5.75 Å². The number of benzene rings is 1. The molecule has 3 aromatic rings. The molecule has 0 saturated heterocycles. The molecule has 0 aliphatic rings. The summed E-state index contributed by atoms with van der Waals surface area (Å²) in [5, 5.41) is 4.31. The van der Waals surface area contributed by atoms with Crippen molar-refractivity contribution in [1.82, 2.24) is 14.6 Å². The molecule has 0 fully saturated rings. The second-order valence-corrected chi connectivity index (χ2v) is 5.41. The van der Waals surface area contributed by atoms with Crippen molar-refractivity contribution < 1.29 is 9.13 Å². The number of imidazole rings is 1. The summed E-state index contributed by atoms with van der Waals surface area (Å²) in [6, 6.07) is 5.85. The zero-order chi connectivity index (χ0) is 16.4. The molecule has 0 aliphatic carbocycles. The molecule has 2 heterocycles. The van der Waals surface area contributed by atoms with Crippen molar-refractivity contribution in [2.24, 2.45) is 0 Å². The van der Waals surface area contributed by atoms with Crippen LogP contribution in [-0.4, -0.2) is 14.6 Å². The molecule has 23 heavy (non-hydrogen) atoms. The van der Waals surface area contributed by atoms with Gasteiger partial charge in [0.15, 0.2) is 0 Å². The van der Waals surface area contributed by atoms with E-state index >= 15 is 0 Å². The number of hydrogen-bond donors (Lipinski definition) is 1. The molecule has 0 aliphatic heterocycles. The van der Waals surface area contributed by atoms with Crippen LogP contribution in [-0.2, 0) is 0 Å². The first-order valence-corrected chi connectivity index (χ1v) is 7.36. The normalized spacial score (nSPS) is 13.6. The Hall–Kier alpha value is -2.82. The molecule has 0 unspecified atom stereocenters. The number of ether oxygens (including phenoxy) is 1. The Kier molecular flexibility index (Phi) is 4.02. The number of rotatable bonds is 4. The molecule has 0 atom stereocenters. The Morgan fingerprint density at radius 1 is 1.26 bits per heavy atom. The van der Waals surface area contributed by atoms with Crippen LogP contribution >= 0.6 is 0 Å². The van der Waals surface area contributed by atoms with Crippen LogP contribution in [0.5, 0.6) is 5.75 Å². The quantitative estimate of drug-likeness (QED) is 0.553. The van der Waals surface area contributed by atoms with Gasteiger partial charge in [-0.15, -0.1) is 0 Å². The van der Waals surface area contributed by atoms with Crippen LogP contribution in [0.3, 0.4) is 0 Å². The van der Waals surface area contributed by atoms with E-state index in [-0.39, 0.29) is 5.83 Å². The van der Waals surface area contributed by atoms with E-state index < -0.39 is 0 Å². The predicted molar refractivity (Wildman–Crippen MR) is 90.2 cm³/mol. The highest BCUT2D eigenvalue weighted by Crippen LogP contribution is 2.26. The average Bonchev–Trinajstić information content (AvgIpc) is 3.03. The number of hydrogen-bond acceptors (Lipinski definition) is 2. The van der Waals surface area contributed by atoms with E-state index in [0.29, 0.717) is 0 Å². The van der Waals surface area contributed by atoms with Crippen LogP contribution in [0.1, 0.15) is 19.4 Å². The van der Waals surface area contributed by atoms with Crippen molar-refractivity contribution >= 4 is 16.7 Å². The Bertz CT molecular complexity index is 940. The maximum atomic E-state index is 12.6. The fourth-order valence-corrected chi connectivity index (χ4v) is 2.50. The molecule has 3 rings (SSSR count). The number of fused-ring (bicyclic) bond motifs is 3. The first-order valence-electron chi connectivity index (χ1n) is 7.36. The summed E-state index contributed by atoms with van der Waals surface area (Å²) < 4.78 is 20.3. The van der Waals surface area contributed by atoms with Crippen LogP contribution < -0.4 is 4.74 Å². The second-order valence-electron chi connectivity index (χ2n) is 5.41. The fraction of sp³-hybridized carbons (Fsp3) is 0.167. The van der Waals surface area contributed by atoms with Gasteiger partial charge >= 0.3 is 0 Å². The summed E-state index contributed by atoms with van der Waals surface area (Å²) in [5.41, 5.74) is 4.04. The lowest BCUT2D eigenvalue weighted by Gasteiger charge is -2.07. The molecule has 5 heteroatoms. The lowest BCUT2D eigenvalue weighted by atomic mass is 10.2. The van der Waals surface area contributed by atoms with E-state index in [2.05, 4.69) is 10.1 Å². The number of halogens is 1. The van der Waals surface area contributed by atoms with Crippen LogP contribution in [0, 0.1) is 6.92 Å². The second kappa shape index (κ2) is 6.12. The number of H-pyrrole nitrogens is 1. The molecule has 0 saturated carbocycles. The first-order chi connectivity index (χ1) is 11.0. The van der Waals surface area contributed by atoms with Crippen LogP contribution in [0.2, 0.25) is 0 Å².